The van der Waals surface area contributed by atoms with Crippen molar-refractivity contribution < 1.29 is 13.7 Å². The average molecular weight is 408 g/mol. The molecule has 1 amide bonds. The average Bonchev–Trinajstić information content (AvgIpc) is 2.61. The summed E-state index contributed by atoms with van der Waals surface area (Å²) >= 11 is 6.07. The first-order valence-electron chi connectivity index (χ1n) is 8.56. The lowest BCUT2D eigenvalue weighted by Gasteiger charge is -2.29. The van der Waals surface area contributed by atoms with Gasteiger partial charge in [-0.05, 0) is 57.5 Å². The fourth-order valence-corrected chi connectivity index (χ4v) is 4.02. The molecule has 2 aromatic rings. The predicted molar refractivity (Wildman–Crippen MR) is 107 cm³/mol. The Bertz CT molecular complexity index is 912. The second-order valence-corrected chi connectivity index (χ2v) is 9.18. The van der Waals surface area contributed by atoms with Gasteiger partial charge in [0.2, 0.25) is 5.88 Å². The van der Waals surface area contributed by atoms with E-state index in [-0.39, 0.29) is 11.4 Å². The molecule has 144 valence electrons. The van der Waals surface area contributed by atoms with Gasteiger partial charge in [-0.2, -0.15) is 0 Å². The number of fused-ring (bicyclic) bond motifs is 1. The van der Waals surface area contributed by atoms with Crippen LogP contribution < -0.4 is 14.4 Å². The second kappa shape index (κ2) is 7.48. The number of pyridine rings is 1. The van der Waals surface area contributed by atoms with Gasteiger partial charge in [0.15, 0.2) is 11.0 Å². The van der Waals surface area contributed by atoms with Crippen molar-refractivity contribution in [1.82, 2.24) is 10.3 Å². The fraction of sp³-hybridized carbons (Fsp3) is 0.368. The van der Waals surface area contributed by atoms with Gasteiger partial charge in [-0.3, -0.25) is 9.10 Å². The van der Waals surface area contributed by atoms with Crippen LogP contribution in [0.4, 0.5) is 5.69 Å². The predicted octanol–water partition coefficient (Wildman–Crippen LogP) is 3.49. The molecule has 1 N–H and O–H groups in total. The van der Waals surface area contributed by atoms with Crippen molar-refractivity contribution in [1.29, 1.82) is 0 Å². The number of benzene rings is 1. The molecule has 0 bridgehead atoms. The van der Waals surface area contributed by atoms with Crippen molar-refractivity contribution in [3.63, 3.8) is 0 Å². The van der Waals surface area contributed by atoms with Gasteiger partial charge in [0.1, 0.15) is 12.3 Å². The zero-order chi connectivity index (χ0) is 19.8. The molecular weight excluding hydrogens is 386 g/mol. The summed E-state index contributed by atoms with van der Waals surface area (Å²) in [4.78, 5) is 17.4. The SMILES string of the molecule is Cc1cc(S(=O)N2CCOc3ncc(C(=O)NC(C)(C)C)cc32)ccc1Cl. The lowest BCUT2D eigenvalue weighted by molar-refractivity contribution is 0.0919. The summed E-state index contributed by atoms with van der Waals surface area (Å²) in [7, 11) is -1.47. The van der Waals surface area contributed by atoms with E-state index in [9.17, 15) is 9.00 Å². The molecule has 6 nitrogen and oxygen atoms in total. The number of ether oxygens (including phenoxy) is 1. The molecule has 1 aromatic carbocycles. The molecule has 1 aliphatic heterocycles. The molecule has 0 radical (unpaired) electrons. The van der Waals surface area contributed by atoms with Crippen LogP contribution in [0.1, 0.15) is 36.7 Å². The Kier molecular flexibility index (Phi) is 5.44. The third kappa shape index (κ3) is 4.42. The lowest BCUT2D eigenvalue weighted by Crippen LogP contribution is -2.41. The van der Waals surface area contributed by atoms with Crippen LogP contribution in [-0.4, -0.2) is 33.8 Å². The normalized spacial score (nSPS) is 14.9. The van der Waals surface area contributed by atoms with E-state index < -0.39 is 11.0 Å². The number of amides is 1. The summed E-state index contributed by atoms with van der Waals surface area (Å²) in [6.07, 6.45) is 1.47. The maximum Gasteiger partial charge on any atom is 0.253 e. The lowest BCUT2D eigenvalue weighted by atomic mass is 10.1. The van der Waals surface area contributed by atoms with Crippen LogP contribution in [0.15, 0.2) is 35.4 Å². The number of aryl methyl sites for hydroxylation is 1. The Labute approximate surface area is 166 Å². The van der Waals surface area contributed by atoms with Crippen molar-refractivity contribution in [3.8, 4) is 5.88 Å². The first kappa shape index (κ1) is 19.6. The smallest absolute Gasteiger partial charge is 0.253 e. The van der Waals surface area contributed by atoms with Crippen molar-refractivity contribution in [2.24, 2.45) is 0 Å². The van der Waals surface area contributed by atoms with E-state index in [1.54, 1.807) is 28.6 Å². The van der Waals surface area contributed by atoms with E-state index in [0.29, 0.717) is 40.2 Å². The quantitative estimate of drug-likeness (QED) is 0.845. The van der Waals surface area contributed by atoms with Crippen LogP contribution >= 0.6 is 11.6 Å². The molecule has 2 heterocycles. The molecule has 27 heavy (non-hydrogen) atoms. The zero-order valence-corrected chi connectivity index (χ0v) is 17.3. The zero-order valence-electron chi connectivity index (χ0n) is 15.7. The summed E-state index contributed by atoms with van der Waals surface area (Å²) in [5.41, 5.74) is 1.41. The highest BCUT2D eigenvalue weighted by Gasteiger charge is 2.27. The van der Waals surface area contributed by atoms with Crippen LogP contribution in [0.2, 0.25) is 5.02 Å². The third-order valence-corrected chi connectivity index (χ3v) is 5.78. The molecule has 1 aromatic heterocycles. The highest BCUT2D eigenvalue weighted by atomic mass is 35.5. The molecule has 1 atom stereocenters. The molecule has 1 aliphatic rings. The van der Waals surface area contributed by atoms with E-state index in [1.165, 1.54) is 6.20 Å². The van der Waals surface area contributed by atoms with Crippen molar-refractivity contribution in [3.05, 3.63) is 46.6 Å². The fourth-order valence-electron chi connectivity index (χ4n) is 2.64. The molecule has 8 heteroatoms. The maximum absolute atomic E-state index is 13.1. The number of halogens is 1. The minimum atomic E-state index is -1.47. The van der Waals surface area contributed by atoms with Crippen LogP contribution in [-0.2, 0) is 11.0 Å². The molecule has 0 fully saturated rings. The Balaban J connectivity index is 1.94. The van der Waals surface area contributed by atoms with E-state index in [4.69, 9.17) is 16.3 Å². The van der Waals surface area contributed by atoms with E-state index in [2.05, 4.69) is 10.3 Å². The van der Waals surface area contributed by atoms with Crippen molar-refractivity contribution in [2.45, 2.75) is 38.1 Å². The van der Waals surface area contributed by atoms with Gasteiger partial charge in [-0.15, -0.1) is 0 Å². The number of hydrogen-bond donors (Lipinski definition) is 1. The molecule has 0 spiro atoms. The minimum absolute atomic E-state index is 0.239. The highest BCUT2D eigenvalue weighted by molar-refractivity contribution is 7.86. The highest BCUT2D eigenvalue weighted by Crippen LogP contribution is 2.33. The topological polar surface area (TPSA) is 71.5 Å². The van der Waals surface area contributed by atoms with Gasteiger partial charge in [0.05, 0.1) is 17.0 Å². The van der Waals surface area contributed by atoms with Gasteiger partial charge in [0, 0.05) is 16.8 Å². The van der Waals surface area contributed by atoms with Crippen molar-refractivity contribution >= 4 is 34.2 Å². The largest absolute Gasteiger partial charge is 0.474 e. The number of nitrogens with one attached hydrogen (secondary N) is 1. The van der Waals surface area contributed by atoms with Crippen LogP contribution in [0, 0.1) is 6.92 Å². The van der Waals surface area contributed by atoms with E-state index in [0.717, 1.165) is 5.56 Å². The summed E-state index contributed by atoms with van der Waals surface area (Å²) < 4.78 is 20.4. The Morgan fingerprint density at radius 1 is 1.33 bits per heavy atom. The van der Waals surface area contributed by atoms with Gasteiger partial charge in [0.25, 0.3) is 5.91 Å². The summed E-state index contributed by atoms with van der Waals surface area (Å²) in [6, 6.07) is 6.95. The van der Waals surface area contributed by atoms with Crippen LogP contribution in [0.5, 0.6) is 5.88 Å². The second-order valence-electron chi connectivity index (χ2n) is 7.36. The molecule has 1 unspecified atom stereocenters. The number of carbonyl (C=O) groups is 1. The minimum Gasteiger partial charge on any atom is -0.474 e. The van der Waals surface area contributed by atoms with Crippen molar-refractivity contribution in [2.75, 3.05) is 17.5 Å². The van der Waals surface area contributed by atoms with Gasteiger partial charge < -0.3 is 10.1 Å². The number of nitrogens with zero attached hydrogens (tertiary/aromatic N) is 2. The van der Waals surface area contributed by atoms with Gasteiger partial charge in [-0.1, -0.05) is 11.6 Å². The molecule has 0 saturated heterocycles. The number of rotatable bonds is 3. The number of aromatic nitrogens is 1. The Morgan fingerprint density at radius 2 is 2.07 bits per heavy atom. The summed E-state index contributed by atoms with van der Waals surface area (Å²) in [5.74, 6) is 0.129. The molecular formula is C19H22ClN3O3S. The number of hydrogen-bond acceptors (Lipinski definition) is 4. The molecule has 0 saturated carbocycles. The van der Waals surface area contributed by atoms with Gasteiger partial charge >= 0.3 is 0 Å². The molecule has 3 rings (SSSR count). The monoisotopic (exact) mass is 407 g/mol. The summed E-state index contributed by atoms with van der Waals surface area (Å²) in [6.45, 7) is 8.38. The van der Waals surface area contributed by atoms with Crippen LogP contribution in [0.3, 0.4) is 0 Å². The van der Waals surface area contributed by atoms with Crippen LogP contribution in [0.25, 0.3) is 0 Å². The number of anilines is 1. The van der Waals surface area contributed by atoms with Gasteiger partial charge in [-0.25, -0.2) is 9.19 Å². The number of carbonyl (C=O) groups excluding carboxylic acids is 1. The first-order valence-corrected chi connectivity index (χ1v) is 10.0. The third-order valence-electron chi connectivity index (χ3n) is 3.92. The first-order chi connectivity index (χ1) is 12.7. The standard InChI is InChI=1S/C19H22ClN3O3S/c1-12-9-14(5-6-15(12)20)27(25)23-7-8-26-18-16(23)10-13(11-21-18)17(24)22-19(2,3)4/h5-6,9-11H,7-8H2,1-4H3,(H,22,24). The molecule has 0 aliphatic carbocycles. The maximum atomic E-state index is 13.1. The summed E-state index contributed by atoms with van der Waals surface area (Å²) in [5, 5.41) is 3.53. The van der Waals surface area contributed by atoms with E-state index >= 15 is 0 Å². The van der Waals surface area contributed by atoms with E-state index in [1.807, 2.05) is 27.7 Å². The Hall–Kier alpha value is -2.12. The Morgan fingerprint density at radius 3 is 2.74 bits per heavy atom.